The maximum atomic E-state index is 12.7. The van der Waals surface area contributed by atoms with Crippen LogP contribution in [0.2, 0.25) is 0 Å². The molecule has 0 saturated carbocycles. The van der Waals surface area contributed by atoms with Crippen LogP contribution in [0.4, 0.5) is 0 Å². The summed E-state index contributed by atoms with van der Waals surface area (Å²) in [6.45, 7) is 3.59. The van der Waals surface area contributed by atoms with E-state index in [4.69, 9.17) is 0 Å². The van der Waals surface area contributed by atoms with Gasteiger partial charge in [-0.25, -0.2) is 0 Å². The highest BCUT2D eigenvalue weighted by Gasteiger charge is 2.41. The van der Waals surface area contributed by atoms with E-state index in [9.17, 15) is 14.4 Å². The van der Waals surface area contributed by atoms with Crippen LogP contribution in [-0.4, -0.2) is 28.5 Å². The molecule has 0 N–H and O–H groups in total. The molecule has 0 fully saturated rings. The van der Waals surface area contributed by atoms with Crippen molar-refractivity contribution in [2.24, 2.45) is 0 Å². The van der Waals surface area contributed by atoms with Crippen molar-refractivity contribution >= 4 is 17.6 Å². The quantitative estimate of drug-likeness (QED) is 0.607. The largest absolute Gasteiger partial charge is 0.297 e. The van der Waals surface area contributed by atoms with Gasteiger partial charge >= 0.3 is 0 Å². The molecule has 4 heteroatoms. The van der Waals surface area contributed by atoms with Crippen LogP contribution in [-0.2, 0) is 11.2 Å². The molecular weight excluding hydrogens is 302 g/mol. The van der Waals surface area contributed by atoms with E-state index in [0.717, 1.165) is 10.5 Å². The number of carbonyl (C=O) groups is 3. The monoisotopic (exact) mass is 319 g/mol. The van der Waals surface area contributed by atoms with Crippen molar-refractivity contribution in [2.45, 2.75) is 18.9 Å². The lowest BCUT2D eigenvalue weighted by Crippen LogP contribution is -2.46. The molecule has 2 aromatic carbocycles. The first-order valence-corrected chi connectivity index (χ1v) is 7.78. The molecule has 2 amide bonds. The molecule has 2 aromatic rings. The highest BCUT2D eigenvalue weighted by atomic mass is 16.2. The van der Waals surface area contributed by atoms with Gasteiger partial charge in [0, 0.05) is 12.8 Å². The minimum absolute atomic E-state index is 0.116. The Balaban J connectivity index is 1.97. The minimum atomic E-state index is -0.821. The first-order valence-electron chi connectivity index (χ1n) is 7.78. The van der Waals surface area contributed by atoms with Crippen LogP contribution in [0.3, 0.4) is 0 Å². The van der Waals surface area contributed by atoms with Gasteiger partial charge in [0.2, 0.25) is 0 Å². The van der Waals surface area contributed by atoms with E-state index in [1.807, 2.05) is 30.3 Å². The Bertz CT molecular complexity index is 776. The molecule has 0 radical (unpaired) electrons. The van der Waals surface area contributed by atoms with Crippen LogP contribution in [0, 0.1) is 0 Å². The molecule has 1 heterocycles. The van der Waals surface area contributed by atoms with E-state index in [1.165, 1.54) is 6.08 Å². The van der Waals surface area contributed by atoms with Crippen LogP contribution < -0.4 is 0 Å². The van der Waals surface area contributed by atoms with Crippen molar-refractivity contribution in [1.82, 2.24) is 4.90 Å². The smallest absolute Gasteiger partial charge is 0.262 e. The predicted octanol–water partition coefficient (Wildman–Crippen LogP) is 3.04. The molecule has 24 heavy (non-hydrogen) atoms. The molecule has 0 saturated heterocycles. The Labute approximate surface area is 140 Å². The summed E-state index contributed by atoms with van der Waals surface area (Å²) in [5.41, 5.74) is 1.61. The molecule has 120 valence electrons. The lowest BCUT2D eigenvalue weighted by molar-refractivity contribution is -0.122. The summed E-state index contributed by atoms with van der Waals surface area (Å²) >= 11 is 0. The first kappa shape index (κ1) is 15.9. The topological polar surface area (TPSA) is 54.5 Å². The van der Waals surface area contributed by atoms with Gasteiger partial charge in [0.15, 0.2) is 5.78 Å². The fraction of sp³-hybridized carbons (Fsp3) is 0.150. The van der Waals surface area contributed by atoms with Gasteiger partial charge in [-0.1, -0.05) is 48.5 Å². The Kier molecular flexibility index (Phi) is 4.38. The van der Waals surface area contributed by atoms with Gasteiger partial charge in [-0.3, -0.25) is 19.3 Å². The molecule has 0 bridgehead atoms. The second kappa shape index (κ2) is 6.62. The molecule has 0 spiro atoms. The zero-order valence-corrected chi connectivity index (χ0v) is 13.1. The number of amides is 2. The average Bonchev–Trinajstić information content (AvgIpc) is 2.86. The van der Waals surface area contributed by atoms with Gasteiger partial charge in [0.05, 0.1) is 11.1 Å². The molecule has 1 aliphatic heterocycles. The highest BCUT2D eigenvalue weighted by Crippen LogP contribution is 2.26. The zero-order valence-electron chi connectivity index (χ0n) is 13.1. The maximum Gasteiger partial charge on any atom is 0.262 e. The van der Waals surface area contributed by atoms with Crippen molar-refractivity contribution in [1.29, 1.82) is 0 Å². The fourth-order valence-corrected chi connectivity index (χ4v) is 2.96. The van der Waals surface area contributed by atoms with Crippen molar-refractivity contribution < 1.29 is 14.4 Å². The van der Waals surface area contributed by atoms with Gasteiger partial charge in [0.25, 0.3) is 11.8 Å². The predicted molar refractivity (Wildman–Crippen MR) is 90.7 cm³/mol. The molecular formula is C20H17NO3. The number of rotatable bonds is 6. The summed E-state index contributed by atoms with van der Waals surface area (Å²) in [7, 11) is 0. The molecule has 4 nitrogen and oxygen atoms in total. The number of benzene rings is 2. The average molecular weight is 319 g/mol. The third-order valence-electron chi connectivity index (χ3n) is 4.13. The second-order valence-electron chi connectivity index (χ2n) is 5.69. The van der Waals surface area contributed by atoms with E-state index >= 15 is 0 Å². The zero-order chi connectivity index (χ0) is 17.1. The Hall–Kier alpha value is -3.01. The van der Waals surface area contributed by atoms with Gasteiger partial charge in [-0.05, 0) is 17.7 Å². The summed E-state index contributed by atoms with van der Waals surface area (Å²) in [5, 5.41) is 0. The number of hydrogen-bond acceptors (Lipinski definition) is 3. The van der Waals surface area contributed by atoms with Gasteiger partial charge in [-0.15, -0.1) is 6.58 Å². The van der Waals surface area contributed by atoms with Crippen molar-refractivity contribution in [3.8, 4) is 0 Å². The van der Waals surface area contributed by atoms with E-state index in [1.54, 1.807) is 24.3 Å². The summed E-state index contributed by atoms with van der Waals surface area (Å²) in [4.78, 5) is 39.0. The van der Waals surface area contributed by atoms with E-state index in [2.05, 4.69) is 6.58 Å². The number of carbonyl (C=O) groups excluding carboxylic acids is 3. The number of imide groups is 1. The van der Waals surface area contributed by atoms with Crippen LogP contribution >= 0.6 is 0 Å². The van der Waals surface area contributed by atoms with Crippen LogP contribution in [0.25, 0.3) is 0 Å². The first-order chi connectivity index (χ1) is 11.6. The summed E-state index contributed by atoms with van der Waals surface area (Å²) in [6, 6.07) is 15.2. The summed E-state index contributed by atoms with van der Waals surface area (Å²) in [6.07, 6.45) is 1.92. The number of Topliss-reactive ketones (excluding diaryl/α,β-unsaturated/α-hetero) is 1. The lowest BCUT2D eigenvalue weighted by atomic mass is 9.99. The van der Waals surface area contributed by atoms with E-state index in [0.29, 0.717) is 17.5 Å². The molecule has 0 aromatic heterocycles. The third kappa shape index (κ3) is 2.78. The number of fused-ring (bicyclic) bond motifs is 1. The number of nitrogens with zero attached hydrogens (tertiary/aromatic N) is 1. The summed E-state index contributed by atoms with van der Waals surface area (Å²) < 4.78 is 0. The van der Waals surface area contributed by atoms with Crippen molar-refractivity contribution in [3.63, 3.8) is 0 Å². The Morgan fingerprint density at radius 1 is 0.958 bits per heavy atom. The van der Waals surface area contributed by atoms with Crippen LogP contribution in [0.5, 0.6) is 0 Å². The molecule has 1 atom stereocenters. The summed E-state index contributed by atoms with van der Waals surface area (Å²) in [5.74, 6) is -1.01. The van der Waals surface area contributed by atoms with Gasteiger partial charge in [-0.2, -0.15) is 0 Å². The number of allylic oxidation sites excluding steroid dienone is 1. The highest BCUT2D eigenvalue weighted by molar-refractivity contribution is 6.23. The molecule has 1 aliphatic rings. The van der Waals surface area contributed by atoms with E-state index in [-0.39, 0.29) is 12.2 Å². The second-order valence-corrected chi connectivity index (χ2v) is 5.69. The number of ketones is 1. The standard InChI is InChI=1S/C20H17NO3/c1-2-8-18(22)17(13-14-9-4-3-5-10-14)21-19(23)15-11-6-7-12-16(15)20(21)24/h2-7,9-12,17H,1,8,13H2/t17-/m0/s1. The maximum absolute atomic E-state index is 12.7. The number of hydrogen-bond donors (Lipinski definition) is 0. The van der Waals surface area contributed by atoms with Crippen molar-refractivity contribution in [3.05, 3.63) is 83.9 Å². The molecule has 0 unspecified atom stereocenters. The Morgan fingerprint density at radius 2 is 1.50 bits per heavy atom. The van der Waals surface area contributed by atoms with Gasteiger partial charge in [0.1, 0.15) is 6.04 Å². The third-order valence-corrected chi connectivity index (χ3v) is 4.13. The molecule has 3 rings (SSSR count). The van der Waals surface area contributed by atoms with Crippen LogP contribution in [0.1, 0.15) is 32.7 Å². The fourth-order valence-electron chi connectivity index (χ4n) is 2.96. The normalized spacial score (nSPS) is 14.4. The minimum Gasteiger partial charge on any atom is -0.297 e. The molecule has 0 aliphatic carbocycles. The lowest BCUT2D eigenvalue weighted by Gasteiger charge is -2.25. The van der Waals surface area contributed by atoms with Crippen LogP contribution in [0.15, 0.2) is 67.3 Å². The SMILES string of the molecule is C=CCC(=O)[C@H](Cc1ccccc1)N1C(=O)c2ccccc2C1=O. The van der Waals surface area contributed by atoms with E-state index < -0.39 is 17.9 Å². The Morgan fingerprint density at radius 3 is 2.04 bits per heavy atom. The van der Waals surface area contributed by atoms with Crippen molar-refractivity contribution in [2.75, 3.05) is 0 Å². The van der Waals surface area contributed by atoms with Gasteiger partial charge < -0.3 is 0 Å².